The van der Waals surface area contributed by atoms with E-state index in [1.165, 1.54) is 58.2 Å². The summed E-state index contributed by atoms with van der Waals surface area (Å²) in [5.74, 6) is 0. The van der Waals surface area contributed by atoms with E-state index in [2.05, 4.69) is 29.1 Å². The molecule has 0 amide bonds. The Balaban J connectivity index is 1.34. The number of nitrogens with zero attached hydrogens (tertiary/aromatic N) is 2. The molecule has 122 valence electrons. The zero-order valence-corrected chi connectivity index (χ0v) is 13.9. The molecule has 0 aromatic carbocycles. The summed E-state index contributed by atoms with van der Waals surface area (Å²) in [7, 11) is 2.30. The smallest absolute Gasteiger partial charge is 0.0707 e. The first-order chi connectivity index (χ1) is 10.2. The van der Waals surface area contributed by atoms with Gasteiger partial charge in [0.2, 0.25) is 0 Å². The van der Waals surface area contributed by atoms with Gasteiger partial charge in [0.25, 0.3) is 0 Å². The van der Waals surface area contributed by atoms with Crippen LogP contribution in [0.1, 0.15) is 45.4 Å². The van der Waals surface area contributed by atoms with Crippen molar-refractivity contribution in [2.24, 2.45) is 0 Å². The Morgan fingerprint density at radius 1 is 1.05 bits per heavy atom. The molecule has 1 aliphatic carbocycles. The molecule has 2 saturated heterocycles. The molecular weight excluding hydrogens is 262 g/mol. The second kappa shape index (κ2) is 7.40. The third kappa shape index (κ3) is 4.65. The van der Waals surface area contributed by atoms with Crippen molar-refractivity contribution in [1.29, 1.82) is 0 Å². The topological polar surface area (TPSA) is 27.7 Å². The van der Waals surface area contributed by atoms with E-state index in [0.29, 0.717) is 12.2 Å². The van der Waals surface area contributed by atoms with Gasteiger partial charge in [-0.1, -0.05) is 6.92 Å². The molecule has 0 spiro atoms. The molecule has 0 aromatic rings. The van der Waals surface area contributed by atoms with E-state index >= 15 is 0 Å². The number of likely N-dealkylation sites (N-methyl/N-ethyl adjacent to an activating group) is 1. The summed E-state index contributed by atoms with van der Waals surface area (Å²) in [6.07, 6.45) is 8.80. The van der Waals surface area contributed by atoms with Gasteiger partial charge in [-0.15, -0.1) is 0 Å². The fraction of sp³-hybridized carbons (Fsp3) is 1.00. The zero-order valence-electron chi connectivity index (χ0n) is 13.9. The van der Waals surface area contributed by atoms with E-state index in [-0.39, 0.29) is 0 Å². The van der Waals surface area contributed by atoms with Gasteiger partial charge in [0.15, 0.2) is 0 Å². The first-order valence-corrected chi connectivity index (χ1v) is 9.06. The number of piperidine rings is 1. The first kappa shape index (κ1) is 15.7. The molecule has 3 rings (SSSR count). The standard InChI is InChI=1S/C17H33N3O/c1-3-20-10-8-15(9-11-20)19(2)13-17-7-6-16(21-17)12-18-14-4-5-14/h14-18H,3-13H2,1-2H3. The van der Waals surface area contributed by atoms with Crippen molar-refractivity contribution in [2.75, 3.05) is 39.8 Å². The van der Waals surface area contributed by atoms with Gasteiger partial charge in [-0.2, -0.15) is 0 Å². The molecule has 3 fully saturated rings. The molecule has 3 aliphatic rings. The Hall–Kier alpha value is -0.160. The number of ether oxygens (including phenoxy) is 1. The van der Waals surface area contributed by atoms with Crippen LogP contribution in [-0.4, -0.2) is 73.9 Å². The number of hydrogen-bond acceptors (Lipinski definition) is 4. The van der Waals surface area contributed by atoms with Crippen molar-refractivity contribution in [2.45, 2.75) is 69.7 Å². The second-order valence-electron chi connectivity index (χ2n) is 7.24. The van der Waals surface area contributed by atoms with Crippen molar-refractivity contribution < 1.29 is 4.74 Å². The number of nitrogens with one attached hydrogen (secondary N) is 1. The lowest BCUT2D eigenvalue weighted by Crippen LogP contribution is -2.45. The predicted octanol–water partition coefficient (Wildman–Crippen LogP) is 1.70. The van der Waals surface area contributed by atoms with Crippen LogP contribution in [0, 0.1) is 0 Å². The Bertz CT molecular complexity index is 313. The minimum absolute atomic E-state index is 0.463. The molecule has 1 saturated carbocycles. The minimum atomic E-state index is 0.463. The predicted molar refractivity (Wildman–Crippen MR) is 86.7 cm³/mol. The molecule has 2 unspecified atom stereocenters. The van der Waals surface area contributed by atoms with E-state index in [1.54, 1.807) is 0 Å². The molecule has 21 heavy (non-hydrogen) atoms. The molecule has 2 heterocycles. The summed E-state index contributed by atoms with van der Waals surface area (Å²) >= 11 is 0. The summed E-state index contributed by atoms with van der Waals surface area (Å²) < 4.78 is 6.23. The van der Waals surface area contributed by atoms with Crippen molar-refractivity contribution in [3.8, 4) is 0 Å². The molecule has 1 N–H and O–H groups in total. The monoisotopic (exact) mass is 295 g/mol. The lowest BCUT2D eigenvalue weighted by Gasteiger charge is -2.37. The fourth-order valence-electron chi connectivity index (χ4n) is 3.80. The third-order valence-electron chi connectivity index (χ3n) is 5.53. The van der Waals surface area contributed by atoms with E-state index < -0.39 is 0 Å². The molecule has 4 heteroatoms. The van der Waals surface area contributed by atoms with E-state index in [9.17, 15) is 0 Å². The van der Waals surface area contributed by atoms with Gasteiger partial charge in [0, 0.05) is 25.2 Å². The Morgan fingerprint density at radius 2 is 1.76 bits per heavy atom. The number of likely N-dealkylation sites (tertiary alicyclic amines) is 1. The van der Waals surface area contributed by atoms with Gasteiger partial charge in [-0.05, 0) is 65.2 Å². The van der Waals surface area contributed by atoms with Crippen molar-refractivity contribution in [1.82, 2.24) is 15.1 Å². The lowest BCUT2D eigenvalue weighted by molar-refractivity contribution is 0.0135. The third-order valence-corrected chi connectivity index (χ3v) is 5.53. The molecule has 4 nitrogen and oxygen atoms in total. The molecule has 0 bridgehead atoms. The quantitative estimate of drug-likeness (QED) is 0.774. The number of hydrogen-bond donors (Lipinski definition) is 1. The van der Waals surface area contributed by atoms with Crippen molar-refractivity contribution >= 4 is 0 Å². The molecular formula is C17H33N3O. The highest BCUT2D eigenvalue weighted by Gasteiger charge is 2.30. The largest absolute Gasteiger partial charge is 0.372 e. The average Bonchev–Trinajstić information content (AvgIpc) is 3.25. The molecule has 2 aliphatic heterocycles. The highest BCUT2D eigenvalue weighted by molar-refractivity contribution is 4.85. The van der Waals surface area contributed by atoms with Gasteiger partial charge in [-0.3, -0.25) is 0 Å². The average molecular weight is 295 g/mol. The fourth-order valence-corrected chi connectivity index (χ4v) is 3.80. The van der Waals surface area contributed by atoms with Gasteiger partial charge >= 0.3 is 0 Å². The van der Waals surface area contributed by atoms with Crippen LogP contribution in [0.2, 0.25) is 0 Å². The minimum Gasteiger partial charge on any atom is -0.372 e. The Morgan fingerprint density at radius 3 is 2.43 bits per heavy atom. The van der Waals surface area contributed by atoms with Crippen LogP contribution in [-0.2, 0) is 4.74 Å². The Labute approximate surface area is 130 Å². The summed E-state index contributed by atoms with van der Waals surface area (Å²) in [4.78, 5) is 5.13. The SMILES string of the molecule is CCN1CCC(N(C)CC2CCC(CNC3CC3)O2)CC1. The maximum absolute atomic E-state index is 6.23. The molecule has 0 radical (unpaired) electrons. The van der Waals surface area contributed by atoms with Crippen LogP contribution >= 0.6 is 0 Å². The lowest BCUT2D eigenvalue weighted by atomic mass is 10.0. The Kier molecular flexibility index (Phi) is 5.54. The second-order valence-corrected chi connectivity index (χ2v) is 7.24. The van der Waals surface area contributed by atoms with Crippen molar-refractivity contribution in [3.63, 3.8) is 0 Å². The van der Waals surface area contributed by atoms with E-state index in [0.717, 1.165) is 25.2 Å². The van der Waals surface area contributed by atoms with Gasteiger partial charge in [0.1, 0.15) is 0 Å². The van der Waals surface area contributed by atoms with Crippen LogP contribution in [0.3, 0.4) is 0 Å². The van der Waals surface area contributed by atoms with Crippen LogP contribution in [0.5, 0.6) is 0 Å². The van der Waals surface area contributed by atoms with Crippen LogP contribution in [0.4, 0.5) is 0 Å². The normalized spacial score (nSPS) is 32.1. The highest BCUT2D eigenvalue weighted by Crippen LogP contribution is 2.24. The summed E-state index contributed by atoms with van der Waals surface area (Å²) in [6.45, 7) is 8.20. The van der Waals surface area contributed by atoms with Crippen LogP contribution in [0.25, 0.3) is 0 Å². The van der Waals surface area contributed by atoms with Crippen LogP contribution < -0.4 is 5.32 Å². The molecule has 0 aromatic heterocycles. The van der Waals surface area contributed by atoms with Gasteiger partial charge in [-0.25, -0.2) is 0 Å². The first-order valence-electron chi connectivity index (χ1n) is 9.06. The summed E-state index contributed by atoms with van der Waals surface area (Å²) in [6, 6.07) is 1.57. The van der Waals surface area contributed by atoms with Gasteiger partial charge in [0.05, 0.1) is 12.2 Å². The summed E-state index contributed by atoms with van der Waals surface area (Å²) in [5.41, 5.74) is 0. The zero-order chi connectivity index (χ0) is 14.7. The maximum Gasteiger partial charge on any atom is 0.0707 e. The maximum atomic E-state index is 6.23. The molecule has 2 atom stereocenters. The van der Waals surface area contributed by atoms with Crippen LogP contribution in [0.15, 0.2) is 0 Å². The highest BCUT2D eigenvalue weighted by atomic mass is 16.5. The van der Waals surface area contributed by atoms with Crippen molar-refractivity contribution in [3.05, 3.63) is 0 Å². The number of rotatable bonds is 7. The van der Waals surface area contributed by atoms with E-state index in [4.69, 9.17) is 4.74 Å². The van der Waals surface area contributed by atoms with E-state index in [1.807, 2.05) is 0 Å². The summed E-state index contributed by atoms with van der Waals surface area (Å²) in [5, 5.41) is 3.60. The van der Waals surface area contributed by atoms with Gasteiger partial charge < -0.3 is 19.9 Å².